The Morgan fingerprint density at radius 3 is 2.38 bits per heavy atom. The van der Waals surface area contributed by atoms with E-state index in [1.165, 1.54) is 11.1 Å². The van der Waals surface area contributed by atoms with Gasteiger partial charge in [0, 0.05) is 12.0 Å². The minimum Gasteiger partial charge on any atom is -0.294 e. The molecular weight excluding hydrogens is 196 g/mol. The van der Waals surface area contributed by atoms with Crippen molar-refractivity contribution < 1.29 is 4.79 Å². The van der Waals surface area contributed by atoms with Crippen molar-refractivity contribution in [1.29, 1.82) is 0 Å². The zero-order valence-electron chi connectivity index (χ0n) is 10.8. The number of hydrogen-bond acceptors (Lipinski definition) is 1. The molecule has 0 bridgehead atoms. The Balaban J connectivity index is 2.71. The molecule has 0 heterocycles. The maximum atomic E-state index is 12.1. The maximum absolute atomic E-state index is 12.1. The lowest BCUT2D eigenvalue weighted by atomic mass is 9.80. The van der Waals surface area contributed by atoms with E-state index >= 15 is 0 Å². The van der Waals surface area contributed by atoms with Crippen molar-refractivity contribution in [2.75, 3.05) is 0 Å². The highest BCUT2D eigenvalue weighted by atomic mass is 16.1. The number of ketones is 1. The van der Waals surface area contributed by atoms with E-state index in [2.05, 4.69) is 52.8 Å². The molecule has 1 aliphatic carbocycles. The fourth-order valence-electron chi connectivity index (χ4n) is 2.63. The van der Waals surface area contributed by atoms with E-state index in [0.29, 0.717) is 12.2 Å². The van der Waals surface area contributed by atoms with Gasteiger partial charge in [-0.3, -0.25) is 4.79 Å². The van der Waals surface area contributed by atoms with Crippen LogP contribution in [0.4, 0.5) is 0 Å². The number of benzene rings is 1. The third-order valence-electron chi connectivity index (χ3n) is 3.48. The van der Waals surface area contributed by atoms with Gasteiger partial charge in [0.25, 0.3) is 0 Å². The molecule has 0 fully saturated rings. The first-order valence-electron chi connectivity index (χ1n) is 5.91. The molecule has 0 unspecified atom stereocenters. The number of carbonyl (C=O) groups is 1. The lowest BCUT2D eigenvalue weighted by molar-refractivity contribution is 0.0977. The summed E-state index contributed by atoms with van der Waals surface area (Å²) in [7, 11) is 0. The highest BCUT2D eigenvalue weighted by Gasteiger charge is 2.38. The van der Waals surface area contributed by atoms with Crippen LogP contribution in [0.2, 0.25) is 0 Å². The Morgan fingerprint density at radius 1 is 1.19 bits per heavy atom. The van der Waals surface area contributed by atoms with Crippen molar-refractivity contribution in [2.24, 2.45) is 0 Å². The molecule has 16 heavy (non-hydrogen) atoms. The molecule has 0 aliphatic heterocycles. The van der Waals surface area contributed by atoms with Gasteiger partial charge in [0.2, 0.25) is 0 Å². The van der Waals surface area contributed by atoms with Gasteiger partial charge in [0.1, 0.15) is 0 Å². The summed E-state index contributed by atoms with van der Waals surface area (Å²) in [6.07, 6.45) is 0.648. The molecule has 1 nitrogen and oxygen atoms in total. The average molecular weight is 216 g/mol. The Bertz CT molecular complexity index is 447. The predicted molar refractivity (Wildman–Crippen MR) is 67.1 cm³/mol. The molecule has 1 aliphatic rings. The average Bonchev–Trinajstić information content (AvgIpc) is 2.36. The smallest absolute Gasteiger partial charge is 0.164 e. The number of rotatable bonds is 0. The summed E-state index contributed by atoms with van der Waals surface area (Å²) in [5.74, 6) is 0.311. The number of carbonyl (C=O) groups excluding carboxylic acids is 1. The monoisotopic (exact) mass is 216 g/mol. The largest absolute Gasteiger partial charge is 0.294 e. The number of hydrogen-bond donors (Lipinski definition) is 0. The van der Waals surface area contributed by atoms with Gasteiger partial charge in [-0.25, -0.2) is 0 Å². The van der Waals surface area contributed by atoms with Gasteiger partial charge >= 0.3 is 0 Å². The zero-order valence-corrected chi connectivity index (χ0v) is 10.8. The van der Waals surface area contributed by atoms with Crippen LogP contribution in [0.25, 0.3) is 0 Å². The molecule has 1 aromatic carbocycles. The minimum absolute atomic E-state index is 0.00762. The normalized spacial score (nSPS) is 18.7. The molecule has 0 spiro atoms. The van der Waals surface area contributed by atoms with E-state index in [4.69, 9.17) is 0 Å². The van der Waals surface area contributed by atoms with E-state index in [1.807, 2.05) is 0 Å². The van der Waals surface area contributed by atoms with Crippen LogP contribution < -0.4 is 0 Å². The Hall–Kier alpha value is -1.11. The predicted octanol–water partition coefficient (Wildman–Crippen LogP) is 3.85. The quantitative estimate of drug-likeness (QED) is 0.644. The molecule has 0 aromatic heterocycles. The van der Waals surface area contributed by atoms with Crippen LogP contribution in [0, 0.1) is 0 Å². The van der Waals surface area contributed by atoms with Gasteiger partial charge in [0.05, 0.1) is 0 Å². The van der Waals surface area contributed by atoms with Crippen LogP contribution in [0.3, 0.4) is 0 Å². The molecule has 0 saturated carbocycles. The van der Waals surface area contributed by atoms with E-state index in [-0.39, 0.29) is 10.8 Å². The SMILES string of the molecule is CC(C)(C)c1cccc2c1C(=O)CC2(C)C. The third-order valence-corrected chi connectivity index (χ3v) is 3.48. The Kier molecular flexibility index (Phi) is 2.27. The summed E-state index contributed by atoms with van der Waals surface area (Å²) in [6, 6.07) is 6.29. The van der Waals surface area contributed by atoms with Crippen molar-refractivity contribution in [3.63, 3.8) is 0 Å². The summed E-state index contributed by atoms with van der Waals surface area (Å²) >= 11 is 0. The van der Waals surface area contributed by atoms with Crippen LogP contribution >= 0.6 is 0 Å². The highest BCUT2D eigenvalue weighted by Crippen LogP contribution is 2.42. The Labute approximate surface area is 97.9 Å². The van der Waals surface area contributed by atoms with Crippen molar-refractivity contribution in [3.8, 4) is 0 Å². The van der Waals surface area contributed by atoms with E-state index in [9.17, 15) is 4.79 Å². The second kappa shape index (κ2) is 3.19. The first-order valence-corrected chi connectivity index (χ1v) is 5.91. The summed E-state index contributed by atoms with van der Waals surface area (Å²) in [5.41, 5.74) is 3.46. The van der Waals surface area contributed by atoms with Gasteiger partial charge in [0.15, 0.2) is 5.78 Å². The molecule has 1 aromatic rings. The number of fused-ring (bicyclic) bond motifs is 1. The summed E-state index contributed by atoms with van der Waals surface area (Å²) in [4.78, 5) is 12.1. The minimum atomic E-state index is 0.00762. The van der Waals surface area contributed by atoms with Gasteiger partial charge < -0.3 is 0 Å². The maximum Gasteiger partial charge on any atom is 0.164 e. The molecule has 0 saturated heterocycles. The number of Topliss-reactive ketones (excluding diaryl/α,β-unsaturated/α-hetero) is 1. The third kappa shape index (κ3) is 1.59. The molecule has 0 N–H and O–H groups in total. The molecule has 0 atom stereocenters. The van der Waals surface area contributed by atoms with Crippen LogP contribution in [-0.4, -0.2) is 5.78 Å². The summed E-state index contributed by atoms with van der Waals surface area (Å²) < 4.78 is 0. The summed E-state index contributed by atoms with van der Waals surface area (Å²) in [6.45, 7) is 10.8. The van der Waals surface area contributed by atoms with Crippen molar-refractivity contribution in [3.05, 3.63) is 34.9 Å². The second-order valence-corrected chi connectivity index (χ2v) is 6.46. The van der Waals surface area contributed by atoms with Crippen LogP contribution in [0.15, 0.2) is 18.2 Å². The molecular formula is C15H20O. The van der Waals surface area contributed by atoms with Crippen molar-refractivity contribution in [1.82, 2.24) is 0 Å². The fourth-order valence-corrected chi connectivity index (χ4v) is 2.63. The van der Waals surface area contributed by atoms with E-state index in [0.717, 1.165) is 5.56 Å². The van der Waals surface area contributed by atoms with Gasteiger partial charge in [-0.15, -0.1) is 0 Å². The Morgan fingerprint density at radius 2 is 1.81 bits per heavy atom. The molecule has 0 amide bonds. The first-order chi connectivity index (χ1) is 7.23. The zero-order chi connectivity index (χ0) is 12.1. The molecule has 0 radical (unpaired) electrons. The van der Waals surface area contributed by atoms with Crippen LogP contribution in [-0.2, 0) is 10.8 Å². The lowest BCUT2D eigenvalue weighted by Gasteiger charge is -2.24. The van der Waals surface area contributed by atoms with Gasteiger partial charge in [-0.2, -0.15) is 0 Å². The van der Waals surface area contributed by atoms with Crippen LogP contribution in [0.1, 0.15) is 62.5 Å². The van der Waals surface area contributed by atoms with Gasteiger partial charge in [-0.05, 0) is 22.0 Å². The lowest BCUT2D eigenvalue weighted by Crippen LogP contribution is -2.16. The highest BCUT2D eigenvalue weighted by molar-refractivity contribution is 6.03. The standard InChI is InChI=1S/C15H20O/c1-14(2,3)10-7-6-8-11-13(10)12(16)9-15(11,4)5/h6-8H,9H2,1-5H3. The van der Waals surface area contributed by atoms with Crippen molar-refractivity contribution in [2.45, 2.75) is 51.9 Å². The van der Waals surface area contributed by atoms with Gasteiger partial charge in [-0.1, -0.05) is 52.8 Å². The molecule has 1 heteroatoms. The first kappa shape index (κ1) is 11.4. The van der Waals surface area contributed by atoms with E-state index in [1.54, 1.807) is 0 Å². The second-order valence-electron chi connectivity index (χ2n) is 6.46. The van der Waals surface area contributed by atoms with Crippen LogP contribution in [0.5, 0.6) is 0 Å². The topological polar surface area (TPSA) is 17.1 Å². The molecule has 86 valence electrons. The fraction of sp³-hybridized carbons (Fsp3) is 0.533. The molecule has 2 rings (SSSR count). The van der Waals surface area contributed by atoms with E-state index < -0.39 is 0 Å². The van der Waals surface area contributed by atoms with Crippen molar-refractivity contribution >= 4 is 5.78 Å². The summed E-state index contributed by atoms with van der Waals surface area (Å²) in [5, 5.41) is 0.